The lowest BCUT2D eigenvalue weighted by Crippen LogP contribution is -2.38. The van der Waals surface area contributed by atoms with Gasteiger partial charge in [-0.05, 0) is 75.3 Å². The Morgan fingerprint density at radius 3 is 2.48 bits per heavy atom. The van der Waals surface area contributed by atoms with Gasteiger partial charge in [0.25, 0.3) is 5.89 Å². The molecular formula is C24H28N4O3. The minimum atomic E-state index is -0.477. The van der Waals surface area contributed by atoms with Gasteiger partial charge in [0.15, 0.2) is 5.82 Å². The normalized spacial score (nSPS) is 14.1. The van der Waals surface area contributed by atoms with Crippen LogP contribution in [0.4, 0.5) is 4.79 Å². The highest BCUT2D eigenvalue weighted by Gasteiger charge is 2.24. The molecule has 1 aliphatic rings. The van der Waals surface area contributed by atoms with Crippen molar-refractivity contribution >= 4 is 6.09 Å². The Balaban J connectivity index is 1.42. The maximum absolute atomic E-state index is 12.4. The highest BCUT2D eigenvalue weighted by atomic mass is 16.6. The van der Waals surface area contributed by atoms with Crippen LogP contribution in [0.3, 0.4) is 0 Å². The van der Waals surface area contributed by atoms with Gasteiger partial charge in [-0.2, -0.15) is 4.98 Å². The zero-order chi connectivity index (χ0) is 22.0. The number of hydrogen-bond donors (Lipinski definition) is 0. The molecule has 3 aromatic rings. The van der Waals surface area contributed by atoms with Gasteiger partial charge in [-0.15, -0.1) is 0 Å². The van der Waals surface area contributed by atoms with Crippen molar-refractivity contribution in [1.82, 2.24) is 20.0 Å². The van der Waals surface area contributed by atoms with Crippen LogP contribution in [0.25, 0.3) is 11.6 Å². The lowest BCUT2D eigenvalue weighted by Gasteiger charge is -2.26. The summed E-state index contributed by atoms with van der Waals surface area (Å²) >= 11 is 0. The van der Waals surface area contributed by atoms with E-state index in [2.05, 4.69) is 33.3 Å². The quantitative estimate of drug-likeness (QED) is 0.626. The van der Waals surface area contributed by atoms with Gasteiger partial charge in [0, 0.05) is 19.3 Å². The number of aryl methyl sites for hydroxylation is 1. The number of pyridine rings is 1. The molecule has 0 radical (unpaired) electrons. The second kappa shape index (κ2) is 8.49. The van der Waals surface area contributed by atoms with E-state index < -0.39 is 5.60 Å². The first-order valence-corrected chi connectivity index (χ1v) is 10.6. The third-order valence-corrected chi connectivity index (χ3v) is 5.20. The Labute approximate surface area is 182 Å². The average molecular weight is 421 g/mol. The van der Waals surface area contributed by atoms with E-state index in [1.54, 1.807) is 6.92 Å². The number of benzene rings is 1. The van der Waals surface area contributed by atoms with E-state index >= 15 is 0 Å². The molecular weight excluding hydrogens is 392 g/mol. The number of fused-ring (bicyclic) bond motifs is 1. The van der Waals surface area contributed by atoms with E-state index in [0.717, 1.165) is 24.8 Å². The van der Waals surface area contributed by atoms with Crippen LogP contribution in [-0.2, 0) is 24.0 Å². The smallest absolute Gasteiger partial charge is 0.410 e. The van der Waals surface area contributed by atoms with Gasteiger partial charge in [0.2, 0.25) is 0 Å². The van der Waals surface area contributed by atoms with Crippen molar-refractivity contribution in [3.63, 3.8) is 0 Å². The number of carbonyl (C=O) groups excluding carboxylic acids is 1. The summed E-state index contributed by atoms with van der Waals surface area (Å²) in [6, 6.07) is 10.6. The summed E-state index contributed by atoms with van der Waals surface area (Å²) in [4.78, 5) is 22.9. The second-order valence-electron chi connectivity index (χ2n) is 8.95. The van der Waals surface area contributed by atoms with E-state index in [9.17, 15) is 4.79 Å². The van der Waals surface area contributed by atoms with E-state index in [1.807, 2.05) is 44.0 Å². The Morgan fingerprint density at radius 1 is 1.10 bits per heavy atom. The number of aromatic nitrogens is 3. The van der Waals surface area contributed by atoms with Crippen molar-refractivity contribution in [2.75, 3.05) is 13.1 Å². The molecule has 1 amide bonds. The number of rotatable bonds is 3. The molecule has 162 valence electrons. The molecule has 1 aromatic carbocycles. The lowest BCUT2D eigenvalue weighted by molar-refractivity contribution is 0.0258. The van der Waals surface area contributed by atoms with Crippen molar-refractivity contribution < 1.29 is 14.1 Å². The van der Waals surface area contributed by atoms with E-state index in [1.165, 1.54) is 16.7 Å². The predicted octanol–water partition coefficient (Wildman–Crippen LogP) is 4.37. The molecule has 0 saturated heterocycles. The second-order valence-corrected chi connectivity index (χ2v) is 8.95. The SMILES string of the molecule is Cc1noc(-c2ccc(Cc3ccc4c(c3)CCN(C(=O)OC(C)(C)C)CC4)cn2)n1. The lowest BCUT2D eigenvalue weighted by atomic mass is 9.97. The largest absolute Gasteiger partial charge is 0.444 e. The van der Waals surface area contributed by atoms with Gasteiger partial charge >= 0.3 is 6.09 Å². The molecule has 0 unspecified atom stereocenters. The van der Waals surface area contributed by atoms with Gasteiger partial charge in [0.05, 0.1) is 0 Å². The highest BCUT2D eigenvalue weighted by molar-refractivity contribution is 5.68. The van der Waals surface area contributed by atoms with Crippen molar-refractivity contribution in [3.05, 3.63) is 64.6 Å². The average Bonchev–Trinajstić information content (AvgIpc) is 3.03. The molecule has 3 heterocycles. The van der Waals surface area contributed by atoms with Crippen molar-refractivity contribution in [2.45, 2.75) is 52.6 Å². The minimum absolute atomic E-state index is 0.233. The first-order chi connectivity index (χ1) is 14.8. The van der Waals surface area contributed by atoms with Gasteiger partial charge in [-0.25, -0.2) is 4.79 Å². The summed E-state index contributed by atoms with van der Waals surface area (Å²) < 4.78 is 10.7. The number of amides is 1. The summed E-state index contributed by atoms with van der Waals surface area (Å²) in [5.74, 6) is 1.03. The highest BCUT2D eigenvalue weighted by Crippen LogP contribution is 2.22. The molecule has 0 spiro atoms. The Morgan fingerprint density at radius 2 is 1.84 bits per heavy atom. The topological polar surface area (TPSA) is 81.4 Å². The molecule has 31 heavy (non-hydrogen) atoms. The van der Waals surface area contributed by atoms with Gasteiger partial charge in [-0.3, -0.25) is 4.98 Å². The van der Waals surface area contributed by atoms with Crippen LogP contribution >= 0.6 is 0 Å². The molecule has 0 saturated carbocycles. The summed E-state index contributed by atoms with van der Waals surface area (Å²) in [6.07, 6.45) is 4.08. The number of hydrogen-bond acceptors (Lipinski definition) is 6. The Bertz CT molecular complexity index is 1070. The molecule has 0 bridgehead atoms. The first-order valence-electron chi connectivity index (χ1n) is 10.6. The minimum Gasteiger partial charge on any atom is -0.444 e. The molecule has 1 aliphatic heterocycles. The van der Waals surface area contributed by atoms with Crippen molar-refractivity contribution in [2.24, 2.45) is 0 Å². The number of ether oxygens (including phenoxy) is 1. The summed E-state index contributed by atoms with van der Waals surface area (Å²) in [5.41, 5.74) is 5.14. The monoisotopic (exact) mass is 420 g/mol. The fourth-order valence-electron chi connectivity index (χ4n) is 3.69. The van der Waals surface area contributed by atoms with E-state index in [0.29, 0.717) is 30.5 Å². The summed E-state index contributed by atoms with van der Waals surface area (Å²) in [7, 11) is 0. The Kier molecular flexibility index (Phi) is 5.76. The van der Waals surface area contributed by atoms with Crippen LogP contribution in [0, 0.1) is 6.92 Å². The maximum Gasteiger partial charge on any atom is 0.410 e. The molecule has 7 nitrogen and oxygen atoms in total. The molecule has 0 fully saturated rings. The van der Waals surface area contributed by atoms with Crippen molar-refractivity contribution in [3.8, 4) is 11.6 Å². The van der Waals surface area contributed by atoms with Crippen LogP contribution in [0.15, 0.2) is 41.1 Å². The van der Waals surface area contributed by atoms with Crippen LogP contribution < -0.4 is 0 Å². The fourth-order valence-corrected chi connectivity index (χ4v) is 3.69. The van der Waals surface area contributed by atoms with Gasteiger partial charge in [0.1, 0.15) is 11.3 Å². The zero-order valence-electron chi connectivity index (χ0n) is 18.5. The maximum atomic E-state index is 12.4. The summed E-state index contributed by atoms with van der Waals surface area (Å²) in [5, 5.41) is 3.81. The van der Waals surface area contributed by atoms with E-state index in [4.69, 9.17) is 9.26 Å². The van der Waals surface area contributed by atoms with Crippen LogP contribution in [0.1, 0.15) is 48.8 Å². The van der Waals surface area contributed by atoms with E-state index in [-0.39, 0.29) is 6.09 Å². The van der Waals surface area contributed by atoms with Crippen LogP contribution in [0.2, 0.25) is 0 Å². The Hall–Kier alpha value is -3.22. The van der Waals surface area contributed by atoms with Gasteiger partial charge in [-0.1, -0.05) is 29.4 Å². The fraction of sp³-hybridized carbons (Fsp3) is 0.417. The summed E-state index contributed by atoms with van der Waals surface area (Å²) in [6.45, 7) is 8.83. The molecule has 7 heteroatoms. The standard InChI is InChI=1S/C24H28N4O3/c1-16-26-22(31-27-16)21-8-6-18(15-25-21)13-17-5-7-19-9-11-28(12-10-20(19)14-17)23(29)30-24(2,3)4/h5-8,14-15H,9-13H2,1-4H3. The third kappa shape index (κ3) is 5.29. The zero-order valence-corrected chi connectivity index (χ0v) is 18.5. The third-order valence-electron chi connectivity index (χ3n) is 5.20. The molecule has 0 N–H and O–H groups in total. The molecule has 0 aliphatic carbocycles. The number of nitrogens with zero attached hydrogens (tertiary/aromatic N) is 4. The molecule has 4 rings (SSSR count). The van der Waals surface area contributed by atoms with Crippen LogP contribution in [0.5, 0.6) is 0 Å². The first kappa shape index (κ1) is 21.0. The number of carbonyl (C=O) groups is 1. The van der Waals surface area contributed by atoms with Gasteiger partial charge < -0.3 is 14.2 Å². The van der Waals surface area contributed by atoms with Crippen molar-refractivity contribution in [1.29, 1.82) is 0 Å². The predicted molar refractivity (Wildman–Crippen MR) is 117 cm³/mol. The van der Waals surface area contributed by atoms with Crippen LogP contribution in [-0.4, -0.2) is 44.8 Å². The molecule has 2 aromatic heterocycles. The molecule has 0 atom stereocenters.